The number of rotatable bonds is 24. The molecule has 35 heavy (non-hydrogen) atoms. The van der Waals surface area contributed by atoms with Gasteiger partial charge < -0.3 is 0 Å². The van der Waals surface area contributed by atoms with Crippen molar-refractivity contribution in [2.75, 3.05) is 24.6 Å². The summed E-state index contributed by atoms with van der Waals surface area (Å²) in [6.07, 6.45) is 20.4. The minimum atomic E-state index is -5.62. The third-order valence-electron chi connectivity index (χ3n) is 7.62. The molecule has 0 unspecified atom stereocenters. The van der Waals surface area contributed by atoms with Gasteiger partial charge >= 0.3 is 216 Å². The molecule has 3 nitrogen and oxygen atoms in total. The molecule has 0 aliphatic heterocycles. The molecule has 214 valence electrons. The molecule has 0 aromatic carbocycles. The number of hydrogen-bond donors (Lipinski definition) is 0. The summed E-state index contributed by atoms with van der Waals surface area (Å²) in [6.45, 7) is 4.76. The van der Waals surface area contributed by atoms with Gasteiger partial charge in [0.2, 0.25) is 0 Å². The summed E-state index contributed by atoms with van der Waals surface area (Å²) < 4.78 is 71.1. The SMILES string of the molecule is CCCCCCCCP(CC)(CCCCCCCC)(CCCCCCCC)OS(=O)(=O)C(F)(F)F. The summed E-state index contributed by atoms with van der Waals surface area (Å²) in [5.41, 5.74) is -5.37. The summed E-state index contributed by atoms with van der Waals surface area (Å²) in [6, 6.07) is 0. The van der Waals surface area contributed by atoms with Gasteiger partial charge in [-0.2, -0.15) is 0 Å². The van der Waals surface area contributed by atoms with E-state index in [1.54, 1.807) is 0 Å². The zero-order chi connectivity index (χ0) is 26.7. The fourth-order valence-corrected chi connectivity index (χ4v) is 13.7. The Labute approximate surface area is 215 Å². The van der Waals surface area contributed by atoms with Crippen molar-refractivity contribution < 1.29 is 25.6 Å². The van der Waals surface area contributed by atoms with Crippen molar-refractivity contribution in [3.63, 3.8) is 0 Å². The van der Waals surface area contributed by atoms with Crippen LogP contribution in [0.5, 0.6) is 0 Å². The molecular formula is C27H56F3O3PS. The molecule has 0 saturated carbocycles. The fraction of sp³-hybridized carbons (Fsp3) is 1.00. The molecule has 0 spiro atoms. The van der Waals surface area contributed by atoms with Crippen molar-refractivity contribution in [3.8, 4) is 0 Å². The van der Waals surface area contributed by atoms with Crippen LogP contribution in [0.3, 0.4) is 0 Å². The second kappa shape index (κ2) is 18.4. The van der Waals surface area contributed by atoms with Gasteiger partial charge in [-0.25, -0.2) is 0 Å². The molecule has 0 amide bonds. The third-order valence-corrected chi connectivity index (χ3v) is 16.6. The van der Waals surface area contributed by atoms with Crippen LogP contribution >= 0.6 is 6.83 Å². The normalized spacial score (nSPS) is 14.2. The summed E-state index contributed by atoms with van der Waals surface area (Å²) in [5, 5.41) is 0. The first-order valence-corrected chi connectivity index (χ1v) is 18.9. The average Bonchev–Trinajstić information content (AvgIpc) is 2.80. The molecule has 0 N–H and O–H groups in total. The van der Waals surface area contributed by atoms with E-state index < -0.39 is 22.5 Å². The van der Waals surface area contributed by atoms with E-state index in [-0.39, 0.29) is 0 Å². The van der Waals surface area contributed by atoms with Gasteiger partial charge in [0.05, 0.1) is 0 Å². The van der Waals surface area contributed by atoms with Crippen LogP contribution in [0.25, 0.3) is 0 Å². The van der Waals surface area contributed by atoms with E-state index in [4.69, 9.17) is 3.97 Å². The molecule has 0 saturated heterocycles. The Bertz CT molecular complexity index is 580. The van der Waals surface area contributed by atoms with E-state index in [2.05, 4.69) is 20.8 Å². The molecule has 0 aliphatic rings. The monoisotopic (exact) mass is 548 g/mol. The van der Waals surface area contributed by atoms with E-state index in [0.717, 1.165) is 116 Å². The number of halogens is 3. The second-order valence-electron chi connectivity index (χ2n) is 10.6. The molecule has 0 aliphatic carbocycles. The first-order chi connectivity index (χ1) is 16.5. The van der Waals surface area contributed by atoms with Gasteiger partial charge in [0.25, 0.3) is 0 Å². The van der Waals surface area contributed by atoms with Gasteiger partial charge in [-0.3, -0.25) is 0 Å². The van der Waals surface area contributed by atoms with Gasteiger partial charge in [-0.05, 0) is 0 Å². The van der Waals surface area contributed by atoms with Crippen LogP contribution < -0.4 is 0 Å². The first kappa shape index (κ1) is 35.1. The average molecular weight is 549 g/mol. The van der Waals surface area contributed by atoms with Crippen molar-refractivity contribution in [2.45, 2.75) is 149 Å². The molecule has 0 fully saturated rings. The maximum absolute atomic E-state index is 13.6. The molecule has 0 radical (unpaired) electrons. The second-order valence-corrected chi connectivity index (χ2v) is 18.3. The Morgan fingerprint density at radius 2 is 0.829 bits per heavy atom. The Morgan fingerprint density at radius 3 is 1.09 bits per heavy atom. The van der Waals surface area contributed by atoms with E-state index >= 15 is 0 Å². The van der Waals surface area contributed by atoms with Gasteiger partial charge in [0.1, 0.15) is 0 Å². The minimum absolute atomic E-state index is 0.416. The number of alkyl halides is 3. The summed E-state index contributed by atoms with van der Waals surface area (Å²) in [4.78, 5) is 0. The third kappa shape index (κ3) is 14.0. The number of hydrogen-bond acceptors (Lipinski definition) is 3. The molecule has 0 bridgehead atoms. The topological polar surface area (TPSA) is 43.4 Å². The summed E-state index contributed by atoms with van der Waals surface area (Å²) in [5.74, 6) is 0. The van der Waals surface area contributed by atoms with Gasteiger partial charge in [-0.15, -0.1) is 0 Å². The van der Waals surface area contributed by atoms with Crippen molar-refractivity contribution in [3.05, 3.63) is 0 Å². The standard InChI is InChI=1S/C27H56F3O3PS/c1-5-9-12-15-18-21-24-34(8-4,25-22-19-16-13-10-6-2,26-23-20-17-14-11-7-3)33-35(31,32)27(28,29)30/h5-26H2,1-4H3. The van der Waals surface area contributed by atoms with Crippen LogP contribution in [-0.2, 0) is 14.1 Å². The van der Waals surface area contributed by atoms with Crippen LogP contribution in [0.4, 0.5) is 13.2 Å². The van der Waals surface area contributed by atoms with Crippen LogP contribution in [0.15, 0.2) is 0 Å². The predicted octanol–water partition coefficient (Wildman–Crippen LogP) is 10.4. The van der Waals surface area contributed by atoms with Crippen LogP contribution in [0.1, 0.15) is 143 Å². The Balaban J connectivity index is 5.75. The molecule has 8 heteroatoms. The zero-order valence-corrected chi connectivity index (χ0v) is 25.0. The quantitative estimate of drug-likeness (QED) is 0.0684. The van der Waals surface area contributed by atoms with E-state index in [1.165, 1.54) is 0 Å². The Kier molecular flexibility index (Phi) is 18.5. The van der Waals surface area contributed by atoms with Crippen LogP contribution in [0, 0.1) is 0 Å². The van der Waals surface area contributed by atoms with Crippen LogP contribution in [0.2, 0.25) is 0 Å². The van der Waals surface area contributed by atoms with E-state index in [9.17, 15) is 21.6 Å². The van der Waals surface area contributed by atoms with Crippen molar-refractivity contribution in [1.29, 1.82) is 0 Å². The Morgan fingerprint density at radius 1 is 0.543 bits per heavy atom. The number of unbranched alkanes of at least 4 members (excludes halogenated alkanes) is 15. The van der Waals surface area contributed by atoms with E-state index in [1.807, 2.05) is 6.92 Å². The predicted molar refractivity (Wildman–Crippen MR) is 148 cm³/mol. The summed E-state index contributed by atoms with van der Waals surface area (Å²) in [7, 11) is -5.62. The van der Waals surface area contributed by atoms with Crippen LogP contribution in [-0.4, -0.2) is 38.6 Å². The molecule has 0 aromatic heterocycles. The molecule has 0 heterocycles. The van der Waals surface area contributed by atoms with Crippen molar-refractivity contribution >= 4 is 16.9 Å². The Hall–Kier alpha value is 0.130. The van der Waals surface area contributed by atoms with E-state index in [0.29, 0.717) is 24.6 Å². The van der Waals surface area contributed by atoms with Crippen molar-refractivity contribution in [1.82, 2.24) is 0 Å². The van der Waals surface area contributed by atoms with Crippen molar-refractivity contribution in [2.24, 2.45) is 0 Å². The molecule has 0 atom stereocenters. The first-order valence-electron chi connectivity index (χ1n) is 14.5. The molecular weight excluding hydrogens is 492 g/mol. The fourth-order valence-electron chi connectivity index (χ4n) is 5.17. The van der Waals surface area contributed by atoms with Gasteiger partial charge in [0, 0.05) is 0 Å². The van der Waals surface area contributed by atoms with Gasteiger partial charge in [0.15, 0.2) is 0 Å². The molecule has 0 rings (SSSR count). The maximum atomic E-state index is 13.6. The molecule has 0 aromatic rings. The van der Waals surface area contributed by atoms with Gasteiger partial charge in [-0.1, -0.05) is 0 Å². The zero-order valence-electron chi connectivity index (χ0n) is 23.3. The summed E-state index contributed by atoms with van der Waals surface area (Å²) >= 11 is 0.